The second kappa shape index (κ2) is 7.19. The van der Waals surface area contributed by atoms with Crippen LogP contribution in [0.1, 0.15) is 44.9 Å². The summed E-state index contributed by atoms with van der Waals surface area (Å²) in [6.45, 7) is 0. The summed E-state index contributed by atoms with van der Waals surface area (Å²) in [5.41, 5.74) is 0.704. The molecular formula is C17H22N2O3S2. The van der Waals surface area contributed by atoms with Gasteiger partial charge < -0.3 is 5.32 Å². The molecule has 0 atom stereocenters. The van der Waals surface area contributed by atoms with Crippen molar-refractivity contribution in [1.29, 1.82) is 0 Å². The number of benzene rings is 1. The van der Waals surface area contributed by atoms with Crippen LogP contribution in [0.2, 0.25) is 0 Å². The summed E-state index contributed by atoms with van der Waals surface area (Å²) < 4.78 is 24.0. The van der Waals surface area contributed by atoms with Gasteiger partial charge in [0, 0.05) is 12.7 Å². The van der Waals surface area contributed by atoms with E-state index < -0.39 is 9.84 Å². The van der Waals surface area contributed by atoms with E-state index in [1.165, 1.54) is 49.7 Å². The Balaban J connectivity index is 1.63. The average molecular weight is 367 g/mol. The Morgan fingerprint density at radius 1 is 1.29 bits per heavy atom. The zero-order chi connectivity index (χ0) is 17.2. The fraction of sp³-hybridized carbons (Fsp3) is 0.529. The van der Waals surface area contributed by atoms with Crippen LogP contribution >= 0.6 is 11.3 Å². The van der Waals surface area contributed by atoms with Gasteiger partial charge in [-0.3, -0.25) is 4.79 Å². The van der Waals surface area contributed by atoms with Crippen molar-refractivity contribution in [2.75, 3.05) is 11.6 Å². The lowest BCUT2D eigenvalue weighted by Crippen LogP contribution is -2.14. The van der Waals surface area contributed by atoms with Crippen LogP contribution in [0.25, 0.3) is 10.2 Å². The number of hydrogen-bond donors (Lipinski definition) is 1. The fourth-order valence-electron chi connectivity index (χ4n) is 3.18. The Morgan fingerprint density at radius 2 is 2.04 bits per heavy atom. The van der Waals surface area contributed by atoms with Gasteiger partial charge in [-0.1, -0.05) is 43.4 Å². The van der Waals surface area contributed by atoms with Gasteiger partial charge in [0.15, 0.2) is 15.0 Å². The van der Waals surface area contributed by atoms with Crippen molar-refractivity contribution in [1.82, 2.24) is 4.98 Å². The summed E-state index contributed by atoms with van der Waals surface area (Å²) in [4.78, 5) is 16.8. The van der Waals surface area contributed by atoms with E-state index in [2.05, 4.69) is 10.3 Å². The molecule has 1 amide bonds. The van der Waals surface area contributed by atoms with Crippen LogP contribution < -0.4 is 5.32 Å². The molecule has 1 aromatic carbocycles. The number of carbonyl (C=O) groups is 1. The van der Waals surface area contributed by atoms with E-state index in [1.807, 2.05) is 0 Å². The van der Waals surface area contributed by atoms with Crippen molar-refractivity contribution < 1.29 is 13.2 Å². The number of rotatable bonds is 5. The normalized spacial score (nSPS) is 16.4. The van der Waals surface area contributed by atoms with Gasteiger partial charge in [-0.25, -0.2) is 13.4 Å². The average Bonchev–Trinajstić information content (AvgIpc) is 2.94. The SMILES string of the molecule is CS(=O)(=O)c1ccc2nc(NC(=O)CCC3CCCCC3)sc2c1. The molecule has 1 N–H and O–H groups in total. The van der Waals surface area contributed by atoms with Crippen LogP contribution in [-0.2, 0) is 14.6 Å². The Bertz CT molecular complexity index is 837. The number of carbonyl (C=O) groups excluding carboxylic acids is 1. The number of aromatic nitrogens is 1. The number of fused-ring (bicyclic) bond motifs is 1. The monoisotopic (exact) mass is 366 g/mol. The molecule has 1 aromatic heterocycles. The molecule has 3 rings (SSSR count). The Labute approximate surface area is 146 Å². The zero-order valence-corrected chi connectivity index (χ0v) is 15.4. The largest absolute Gasteiger partial charge is 0.302 e. The number of nitrogens with zero attached hydrogens (tertiary/aromatic N) is 1. The van der Waals surface area contributed by atoms with E-state index >= 15 is 0 Å². The molecule has 1 saturated carbocycles. The Kier molecular flexibility index (Phi) is 5.20. The molecular weight excluding hydrogens is 344 g/mol. The minimum Gasteiger partial charge on any atom is -0.302 e. The second-order valence-electron chi connectivity index (χ2n) is 6.51. The highest BCUT2D eigenvalue weighted by Crippen LogP contribution is 2.29. The molecule has 2 aromatic rings. The quantitative estimate of drug-likeness (QED) is 0.868. The first-order valence-corrected chi connectivity index (χ1v) is 11.0. The topological polar surface area (TPSA) is 76.1 Å². The lowest BCUT2D eigenvalue weighted by Gasteiger charge is -2.20. The molecule has 0 radical (unpaired) electrons. The number of amides is 1. The molecule has 1 fully saturated rings. The molecule has 24 heavy (non-hydrogen) atoms. The smallest absolute Gasteiger partial charge is 0.226 e. The number of sulfone groups is 1. The highest BCUT2D eigenvalue weighted by Gasteiger charge is 2.16. The number of nitrogens with one attached hydrogen (secondary N) is 1. The van der Waals surface area contributed by atoms with Gasteiger partial charge >= 0.3 is 0 Å². The Morgan fingerprint density at radius 3 is 2.75 bits per heavy atom. The van der Waals surface area contributed by atoms with Gasteiger partial charge in [0.2, 0.25) is 5.91 Å². The highest BCUT2D eigenvalue weighted by atomic mass is 32.2. The molecule has 0 unspecified atom stereocenters. The van der Waals surface area contributed by atoms with Crippen LogP contribution in [0.3, 0.4) is 0 Å². The van der Waals surface area contributed by atoms with Crippen LogP contribution in [-0.4, -0.2) is 25.6 Å². The lowest BCUT2D eigenvalue weighted by atomic mass is 9.86. The van der Waals surface area contributed by atoms with Crippen molar-refractivity contribution in [2.24, 2.45) is 5.92 Å². The molecule has 0 saturated heterocycles. The summed E-state index contributed by atoms with van der Waals surface area (Å²) in [7, 11) is -3.24. The van der Waals surface area contributed by atoms with Crippen LogP contribution in [0.5, 0.6) is 0 Å². The Hall–Kier alpha value is -1.47. The third-order valence-electron chi connectivity index (χ3n) is 4.54. The lowest BCUT2D eigenvalue weighted by molar-refractivity contribution is -0.116. The predicted octanol–water partition coefficient (Wildman–Crippen LogP) is 4.00. The first-order chi connectivity index (χ1) is 11.4. The minimum absolute atomic E-state index is 0.0111. The summed E-state index contributed by atoms with van der Waals surface area (Å²) in [6, 6.07) is 4.84. The van der Waals surface area contributed by atoms with Crippen LogP contribution in [0.4, 0.5) is 5.13 Å². The summed E-state index contributed by atoms with van der Waals surface area (Å²) >= 11 is 1.31. The number of anilines is 1. The fourth-order valence-corrected chi connectivity index (χ4v) is 4.82. The maximum atomic E-state index is 12.1. The van der Waals surface area contributed by atoms with E-state index in [0.29, 0.717) is 23.0 Å². The van der Waals surface area contributed by atoms with Gasteiger partial charge in [-0.2, -0.15) is 0 Å². The van der Waals surface area contributed by atoms with Crippen molar-refractivity contribution in [3.63, 3.8) is 0 Å². The summed E-state index contributed by atoms with van der Waals surface area (Å²) in [6.07, 6.45) is 9.02. The van der Waals surface area contributed by atoms with Crippen molar-refractivity contribution in [3.05, 3.63) is 18.2 Å². The van der Waals surface area contributed by atoms with Gasteiger partial charge in [0.1, 0.15) is 0 Å². The van der Waals surface area contributed by atoms with Gasteiger partial charge in [-0.05, 0) is 30.5 Å². The first-order valence-electron chi connectivity index (χ1n) is 8.32. The first kappa shape index (κ1) is 17.4. The molecule has 7 heteroatoms. The zero-order valence-electron chi connectivity index (χ0n) is 13.7. The third-order valence-corrected chi connectivity index (χ3v) is 6.58. The van der Waals surface area contributed by atoms with Crippen LogP contribution in [0.15, 0.2) is 23.1 Å². The third kappa shape index (κ3) is 4.33. The van der Waals surface area contributed by atoms with Gasteiger partial charge in [0.05, 0.1) is 15.1 Å². The van der Waals surface area contributed by atoms with E-state index in [4.69, 9.17) is 0 Å². The van der Waals surface area contributed by atoms with Gasteiger partial charge in [-0.15, -0.1) is 0 Å². The van der Waals surface area contributed by atoms with E-state index in [1.54, 1.807) is 18.2 Å². The molecule has 1 aliphatic rings. The molecule has 5 nitrogen and oxygen atoms in total. The van der Waals surface area contributed by atoms with Crippen molar-refractivity contribution in [2.45, 2.75) is 49.8 Å². The van der Waals surface area contributed by atoms with E-state index in [9.17, 15) is 13.2 Å². The highest BCUT2D eigenvalue weighted by molar-refractivity contribution is 7.90. The molecule has 1 aliphatic carbocycles. The maximum Gasteiger partial charge on any atom is 0.226 e. The standard InChI is InChI=1S/C17H22N2O3S2/c1-24(21,22)13-8-9-14-15(11-13)23-17(18-14)19-16(20)10-7-12-5-3-2-4-6-12/h8-9,11-12H,2-7,10H2,1H3,(H,18,19,20). The van der Waals surface area contributed by atoms with E-state index in [-0.39, 0.29) is 10.8 Å². The molecule has 130 valence electrons. The summed E-state index contributed by atoms with van der Waals surface area (Å²) in [5.74, 6) is 0.667. The van der Waals surface area contributed by atoms with Crippen molar-refractivity contribution in [3.8, 4) is 0 Å². The predicted molar refractivity (Wildman–Crippen MR) is 97.2 cm³/mol. The maximum absolute atomic E-state index is 12.1. The summed E-state index contributed by atoms with van der Waals surface area (Å²) in [5, 5.41) is 3.38. The van der Waals surface area contributed by atoms with Crippen molar-refractivity contribution >= 4 is 42.4 Å². The molecule has 0 aliphatic heterocycles. The number of thiazole rings is 1. The molecule has 0 bridgehead atoms. The molecule has 0 spiro atoms. The molecule has 1 heterocycles. The van der Waals surface area contributed by atoms with Gasteiger partial charge in [0.25, 0.3) is 0 Å². The minimum atomic E-state index is -3.24. The second-order valence-corrected chi connectivity index (χ2v) is 9.56. The van der Waals surface area contributed by atoms with E-state index in [0.717, 1.165) is 11.1 Å². The number of hydrogen-bond acceptors (Lipinski definition) is 5. The van der Waals surface area contributed by atoms with Crippen LogP contribution in [0, 0.1) is 5.92 Å².